The van der Waals surface area contributed by atoms with Crippen LogP contribution < -0.4 is 0 Å². The fraction of sp³-hybridized carbons (Fsp3) is 0.421. The number of fused-ring (bicyclic) bond motifs is 1. The van der Waals surface area contributed by atoms with E-state index in [1.54, 1.807) is 0 Å². The van der Waals surface area contributed by atoms with Crippen LogP contribution in [0, 0.1) is 6.92 Å². The van der Waals surface area contributed by atoms with Crippen molar-refractivity contribution in [2.45, 2.75) is 45.1 Å². The molecule has 4 rings (SSSR count). The predicted molar refractivity (Wildman–Crippen MR) is 92.0 cm³/mol. The number of rotatable bonds is 3. The molecular weight excluding hydrogens is 318 g/mol. The van der Waals surface area contributed by atoms with Crippen LogP contribution in [0.25, 0.3) is 5.69 Å². The van der Waals surface area contributed by atoms with Crippen molar-refractivity contribution in [3.8, 4) is 5.69 Å². The van der Waals surface area contributed by atoms with Gasteiger partial charge >= 0.3 is 5.97 Å². The van der Waals surface area contributed by atoms with Gasteiger partial charge in [-0.25, -0.2) is 9.48 Å². The molecule has 0 bridgehead atoms. The van der Waals surface area contributed by atoms with Crippen molar-refractivity contribution in [3.05, 3.63) is 46.8 Å². The molecule has 2 aromatic rings. The largest absolute Gasteiger partial charge is 0.480 e. The normalized spacial score (nSPS) is 19.2. The number of likely N-dealkylation sites (tertiary alicyclic amines) is 1. The minimum atomic E-state index is -0.930. The van der Waals surface area contributed by atoms with Crippen LogP contribution in [0.3, 0.4) is 0 Å². The smallest absolute Gasteiger partial charge is 0.326 e. The third-order valence-electron chi connectivity index (χ3n) is 5.28. The molecule has 1 aromatic carbocycles. The highest BCUT2D eigenvalue weighted by Gasteiger charge is 2.38. The minimum absolute atomic E-state index is 0.240. The second kappa shape index (κ2) is 6.02. The monoisotopic (exact) mass is 339 g/mol. The van der Waals surface area contributed by atoms with E-state index in [2.05, 4.69) is 5.10 Å². The maximum Gasteiger partial charge on any atom is 0.326 e. The number of aromatic nitrogens is 2. The molecule has 0 unspecified atom stereocenters. The fourth-order valence-electron chi connectivity index (χ4n) is 4.01. The van der Waals surface area contributed by atoms with Crippen molar-refractivity contribution in [2.75, 3.05) is 6.54 Å². The van der Waals surface area contributed by atoms with Crippen LogP contribution in [-0.4, -0.2) is 44.3 Å². The lowest BCUT2D eigenvalue weighted by Crippen LogP contribution is -2.40. The topological polar surface area (TPSA) is 75.4 Å². The van der Waals surface area contributed by atoms with Crippen LogP contribution in [-0.2, 0) is 17.6 Å². The molecule has 1 aliphatic heterocycles. The quantitative estimate of drug-likeness (QED) is 0.931. The summed E-state index contributed by atoms with van der Waals surface area (Å²) in [5.74, 6) is -1.17. The number of carboxylic acids is 1. The Morgan fingerprint density at radius 2 is 2.00 bits per heavy atom. The Morgan fingerprint density at radius 3 is 2.76 bits per heavy atom. The Labute approximate surface area is 146 Å². The summed E-state index contributed by atoms with van der Waals surface area (Å²) < 4.78 is 1.89. The second-order valence-electron chi connectivity index (χ2n) is 6.82. The van der Waals surface area contributed by atoms with Gasteiger partial charge in [-0.3, -0.25) is 4.79 Å². The zero-order chi connectivity index (χ0) is 17.6. The highest BCUT2D eigenvalue weighted by atomic mass is 16.4. The number of benzene rings is 1. The zero-order valence-electron chi connectivity index (χ0n) is 14.2. The first-order chi connectivity index (χ1) is 12.1. The van der Waals surface area contributed by atoms with Gasteiger partial charge in [0.1, 0.15) is 6.04 Å². The highest BCUT2D eigenvalue weighted by molar-refractivity contribution is 5.97. The van der Waals surface area contributed by atoms with Gasteiger partial charge in [-0.1, -0.05) is 18.2 Å². The van der Waals surface area contributed by atoms with E-state index in [9.17, 15) is 14.7 Å². The van der Waals surface area contributed by atoms with Crippen LogP contribution in [0.2, 0.25) is 0 Å². The van der Waals surface area contributed by atoms with E-state index in [1.807, 2.05) is 35.9 Å². The Balaban J connectivity index is 1.77. The summed E-state index contributed by atoms with van der Waals surface area (Å²) in [6, 6.07) is 7.25. The lowest BCUT2D eigenvalue weighted by Gasteiger charge is -2.20. The van der Waals surface area contributed by atoms with Gasteiger partial charge in [-0.05, 0) is 50.7 Å². The number of para-hydroxylation sites is 1. The van der Waals surface area contributed by atoms with E-state index < -0.39 is 12.0 Å². The third-order valence-corrected chi connectivity index (χ3v) is 5.28. The van der Waals surface area contributed by atoms with E-state index in [1.165, 1.54) is 4.90 Å². The van der Waals surface area contributed by atoms with Crippen molar-refractivity contribution < 1.29 is 14.7 Å². The number of carboxylic acid groups (broad SMARTS) is 1. The Morgan fingerprint density at radius 1 is 1.20 bits per heavy atom. The molecule has 1 aromatic heterocycles. The second-order valence-corrected chi connectivity index (χ2v) is 6.82. The molecule has 2 heterocycles. The van der Waals surface area contributed by atoms with E-state index in [0.717, 1.165) is 48.2 Å². The Kier molecular flexibility index (Phi) is 3.82. The van der Waals surface area contributed by atoms with Gasteiger partial charge in [0.2, 0.25) is 0 Å². The number of carbonyl (C=O) groups is 2. The first-order valence-corrected chi connectivity index (χ1v) is 8.78. The molecular formula is C19H21N3O3. The highest BCUT2D eigenvalue weighted by Crippen LogP contribution is 2.31. The molecule has 0 saturated carbocycles. The SMILES string of the molecule is Cc1ccccc1-n1nc(C(=O)N2CCC[C@H]2C(=O)O)c2c1CCC2. The van der Waals surface area contributed by atoms with Crippen molar-refractivity contribution in [2.24, 2.45) is 0 Å². The van der Waals surface area contributed by atoms with E-state index in [4.69, 9.17) is 0 Å². The molecule has 6 nitrogen and oxygen atoms in total. The molecule has 130 valence electrons. The first kappa shape index (κ1) is 15.9. The Hall–Kier alpha value is -2.63. The van der Waals surface area contributed by atoms with E-state index >= 15 is 0 Å². The van der Waals surface area contributed by atoms with Crippen LogP contribution in [0.15, 0.2) is 24.3 Å². The number of hydrogen-bond acceptors (Lipinski definition) is 3. The summed E-state index contributed by atoms with van der Waals surface area (Å²) >= 11 is 0. The van der Waals surface area contributed by atoms with Crippen LogP contribution in [0.1, 0.15) is 46.6 Å². The van der Waals surface area contributed by atoms with Gasteiger partial charge < -0.3 is 10.0 Å². The number of aliphatic carboxylic acids is 1. The minimum Gasteiger partial charge on any atom is -0.480 e. The average Bonchev–Trinajstić information content (AvgIpc) is 3.31. The summed E-state index contributed by atoms with van der Waals surface area (Å²) in [5, 5.41) is 14.0. The Bertz CT molecular complexity index is 856. The molecule has 1 fully saturated rings. The van der Waals surface area contributed by atoms with Gasteiger partial charge in [-0.2, -0.15) is 5.10 Å². The molecule has 0 radical (unpaired) electrons. The standard InChI is InChI=1S/C19H21N3O3/c1-12-6-2-3-8-14(12)22-15-9-4-7-13(15)17(20-22)18(23)21-11-5-10-16(21)19(24)25/h2-3,6,8,16H,4-5,7,9-11H2,1H3,(H,24,25)/t16-/m0/s1. The van der Waals surface area contributed by atoms with E-state index in [-0.39, 0.29) is 5.91 Å². The van der Waals surface area contributed by atoms with Crippen molar-refractivity contribution >= 4 is 11.9 Å². The van der Waals surface area contributed by atoms with Crippen LogP contribution in [0.5, 0.6) is 0 Å². The number of carbonyl (C=O) groups excluding carboxylic acids is 1. The van der Waals surface area contributed by atoms with Gasteiger partial charge in [0, 0.05) is 17.8 Å². The van der Waals surface area contributed by atoms with E-state index in [0.29, 0.717) is 18.7 Å². The number of amides is 1. The van der Waals surface area contributed by atoms with Gasteiger partial charge in [0.15, 0.2) is 5.69 Å². The molecule has 1 N–H and O–H groups in total. The predicted octanol–water partition coefficient (Wildman–Crippen LogP) is 2.36. The van der Waals surface area contributed by atoms with Crippen molar-refractivity contribution in [3.63, 3.8) is 0 Å². The summed E-state index contributed by atoms with van der Waals surface area (Å²) in [5.41, 5.74) is 4.59. The fourth-order valence-corrected chi connectivity index (χ4v) is 4.01. The molecule has 1 aliphatic carbocycles. The van der Waals surface area contributed by atoms with Gasteiger partial charge in [0.05, 0.1) is 5.69 Å². The van der Waals surface area contributed by atoms with Gasteiger partial charge in [0.25, 0.3) is 5.91 Å². The first-order valence-electron chi connectivity index (χ1n) is 8.78. The number of nitrogens with zero attached hydrogens (tertiary/aromatic N) is 3. The lowest BCUT2D eigenvalue weighted by atomic mass is 10.1. The molecule has 0 spiro atoms. The van der Waals surface area contributed by atoms with Crippen molar-refractivity contribution in [1.82, 2.24) is 14.7 Å². The third kappa shape index (κ3) is 2.52. The number of hydrogen-bond donors (Lipinski definition) is 1. The van der Waals surface area contributed by atoms with Crippen LogP contribution >= 0.6 is 0 Å². The summed E-state index contributed by atoms with van der Waals surface area (Å²) in [7, 11) is 0. The van der Waals surface area contributed by atoms with Gasteiger partial charge in [-0.15, -0.1) is 0 Å². The average molecular weight is 339 g/mol. The maximum atomic E-state index is 13.0. The molecule has 1 atom stereocenters. The molecule has 6 heteroatoms. The number of aryl methyl sites for hydroxylation is 1. The summed E-state index contributed by atoms with van der Waals surface area (Å²) in [4.78, 5) is 25.9. The molecule has 25 heavy (non-hydrogen) atoms. The maximum absolute atomic E-state index is 13.0. The summed E-state index contributed by atoms with van der Waals surface area (Å²) in [6.45, 7) is 2.52. The lowest BCUT2D eigenvalue weighted by molar-refractivity contribution is -0.141. The molecule has 1 amide bonds. The zero-order valence-corrected chi connectivity index (χ0v) is 14.2. The van der Waals surface area contributed by atoms with Crippen molar-refractivity contribution in [1.29, 1.82) is 0 Å². The summed E-state index contributed by atoms with van der Waals surface area (Å²) in [6.07, 6.45) is 3.97. The molecule has 2 aliphatic rings. The van der Waals surface area contributed by atoms with Crippen LogP contribution in [0.4, 0.5) is 0 Å². The molecule has 1 saturated heterocycles.